The van der Waals surface area contributed by atoms with Crippen LogP contribution in [0.5, 0.6) is 0 Å². The predicted molar refractivity (Wildman–Crippen MR) is 123 cm³/mol. The zero-order valence-electron chi connectivity index (χ0n) is 17.7. The summed E-state index contributed by atoms with van der Waals surface area (Å²) in [7, 11) is 0. The van der Waals surface area contributed by atoms with Crippen molar-refractivity contribution in [2.75, 3.05) is 50.7 Å². The molecule has 4 heterocycles. The Labute approximate surface area is 178 Å². The number of nitrogens with one attached hydrogen (secondary N) is 2. The second kappa shape index (κ2) is 7.31. The summed E-state index contributed by atoms with van der Waals surface area (Å²) in [4.78, 5) is 10.1. The van der Waals surface area contributed by atoms with Crippen LogP contribution < -0.4 is 15.5 Å². The van der Waals surface area contributed by atoms with Crippen LogP contribution in [0.1, 0.15) is 31.4 Å². The van der Waals surface area contributed by atoms with Crippen molar-refractivity contribution in [3.05, 3.63) is 54.0 Å². The Morgan fingerprint density at radius 2 is 1.80 bits per heavy atom. The normalized spacial score (nSPS) is 23.2. The summed E-state index contributed by atoms with van der Waals surface area (Å²) in [6.45, 7) is 7.48. The number of dihydropyridines is 1. The van der Waals surface area contributed by atoms with Crippen molar-refractivity contribution in [3.63, 3.8) is 0 Å². The highest BCUT2D eigenvalue weighted by Gasteiger charge is 2.43. The van der Waals surface area contributed by atoms with E-state index in [-0.39, 0.29) is 0 Å². The van der Waals surface area contributed by atoms with E-state index in [1.54, 1.807) is 0 Å². The molecule has 1 aliphatic carbocycles. The fourth-order valence-corrected chi connectivity index (χ4v) is 5.59. The zero-order chi connectivity index (χ0) is 20.0. The van der Waals surface area contributed by atoms with Crippen LogP contribution in [0.2, 0.25) is 0 Å². The van der Waals surface area contributed by atoms with Gasteiger partial charge in [-0.2, -0.15) is 0 Å². The van der Waals surface area contributed by atoms with Gasteiger partial charge in [-0.05, 0) is 48.5 Å². The lowest BCUT2D eigenvalue weighted by Gasteiger charge is -2.38. The van der Waals surface area contributed by atoms with Crippen LogP contribution >= 0.6 is 0 Å². The molecule has 3 fully saturated rings. The van der Waals surface area contributed by atoms with Crippen molar-refractivity contribution in [1.82, 2.24) is 20.5 Å². The molecule has 5 nitrogen and oxygen atoms in total. The molecule has 1 saturated carbocycles. The van der Waals surface area contributed by atoms with E-state index in [1.165, 1.54) is 61.2 Å². The Balaban J connectivity index is 1.33. The topological polar surface area (TPSA) is 43.4 Å². The lowest BCUT2D eigenvalue weighted by molar-refractivity contribution is 0.165. The Morgan fingerprint density at radius 3 is 2.53 bits per heavy atom. The Hall–Kier alpha value is -2.53. The number of fused-ring (bicyclic) bond motifs is 1. The summed E-state index contributed by atoms with van der Waals surface area (Å²) in [5, 5.41) is 8.36. The van der Waals surface area contributed by atoms with Gasteiger partial charge >= 0.3 is 0 Å². The SMILES string of the molecule is C1=C(c2cc(N3CCC4(CCC4)C3)c3ccccc3n2)CNC(N2CCNCC2)=C1. The average Bonchev–Trinajstić information content (AvgIpc) is 3.26. The van der Waals surface area contributed by atoms with Crippen molar-refractivity contribution in [1.29, 1.82) is 0 Å². The predicted octanol–water partition coefficient (Wildman–Crippen LogP) is 3.35. The number of piperazine rings is 1. The van der Waals surface area contributed by atoms with Crippen molar-refractivity contribution in [2.45, 2.75) is 25.7 Å². The molecule has 6 rings (SSSR count). The molecule has 30 heavy (non-hydrogen) atoms. The van der Waals surface area contributed by atoms with Gasteiger partial charge in [0.25, 0.3) is 0 Å². The highest BCUT2D eigenvalue weighted by molar-refractivity contribution is 5.94. The first-order valence-corrected chi connectivity index (χ1v) is 11.6. The molecule has 0 bridgehead atoms. The minimum absolute atomic E-state index is 0.594. The van der Waals surface area contributed by atoms with Crippen LogP contribution in [0.3, 0.4) is 0 Å². The minimum Gasteiger partial charge on any atom is -0.370 e. The number of para-hydroxylation sites is 1. The van der Waals surface area contributed by atoms with Gasteiger partial charge < -0.3 is 20.4 Å². The molecule has 1 aromatic heterocycles. The molecule has 2 saturated heterocycles. The quantitative estimate of drug-likeness (QED) is 0.826. The van der Waals surface area contributed by atoms with Crippen molar-refractivity contribution >= 4 is 22.2 Å². The molecule has 1 aromatic carbocycles. The van der Waals surface area contributed by atoms with Crippen LogP contribution in [0.25, 0.3) is 16.5 Å². The van der Waals surface area contributed by atoms with Crippen LogP contribution in [-0.2, 0) is 0 Å². The number of allylic oxidation sites excluding steroid dienone is 2. The average molecular weight is 402 g/mol. The van der Waals surface area contributed by atoms with Gasteiger partial charge in [0, 0.05) is 56.9 Å². The number of hydrogen-bond acceptors (Lipinski definition) is 5. The maximum atomic E-state index is 5.05. The second-order valence-corrected chi connectivity index (χ2v) is 9.40. The number of anilines is 1. The molecule has 3 aliphatic heterocycles. The van der Waals surface area contributed by atoms with Gasteiger partial charge in [-0.25, -0.2) is 4.98 Å². The lowest BCUT2D eigenvalue weighted by Crippen LogP contribution is -2.46. The zero-order valence-corrected chi connectivity index (χ0v) is 17.7. The minimum atomic E-state index is 0.594. The van der Waals surface area contributed by atoms with Gasteiger partial charge in [0.05, 0.1) is 11.2 Å². The third-order valence-electron chi connectivity index (χ3n) is 7.58. The van der Waals surface area contributed by atoms with Crippen LogP contribution in [0.4, 0.5) is 5.69 Å². The molecule has 0 unspecified atom stereocenters. The molecule has 0 atom stereocenters. The summed E-state index contributed by atoms with van der Waals surface area (Å²) in [6.07, 6.45) is 10.1. The lowest BCUT2D eigenvalue weighted by atomic mass is 9.68. The molecule has 5 heteroatoms. The summed E-state index contributed by atoms with van der Waals surface area (Å²) in [5.41, 5.74) is 5.46. The number of rotatable bonds is 3. The molecule has 2 N–H and O–H groups in total. The molecule has 1 spiro atoms. The number of benzene rings is 1. The van der Waals surface area contributed by atoms with Crippen molar-refractivity contribution < 1.29 is 0 Å². The van der Waals surface area contributed by atoms with E-state index in [1.807, 2.05) is 0 Å². The number of nitrogens with zero attached hydrogens (tertiary/aromatic N) is 3. The van der Waals surface area contributed by atoms with E-state index in [4.69, 9.17) is 4.98 Å². The Morgan fingerprint density at radius 1 is 0.933 bits per heavy atom. The molecular formula is C25H31N5. The van der Waals surface area contributed by atoms with Crippen molar-refractivity contribution in [3.8, 4) is 0 Å². The largest absolute Gasteiger partial charge is 0.370 e. The smallest absolute Gasteiger partial charge is 0.102 e. The summed E-state index contributed by atoms with van der Waals surface area (Å²) in [5.74, 6) is 1.24. The summed E-state index contributed by atoms with van der Waals surface area (Å²) < 4.78 is 0. The first kappa shape index (κ1) is 18.3. The first-order valence-electron chi connectivity index (χ1n) is 11.6. The third kappa shape index (κ3) is 3.16. The molecule has 156 valence electrons. The van der Waals surface area contributed by atoms with E-state index in [0.717, 1.165) is 43.9 Å². The van der Waals surface area contributed by atoms with Gasteiger partial charge in [0.2, 0.25) is 0 Å². The van der Waals surface area contributed by atoms with Gasteiger partial charge in [-0.3, -0.25) is 0 Å². The molecule has 0 amide bonds. The molecular weight excluding hydrogens is 370 g/mol. The van der Waals surface area contributed by atoms with E-state index < -0.39 is 0 Å². The van der Waals surface area contributed by atoms with E-state index in [2.05, 4.69) is 62.9 Å². The number of hydrogen-bond donors (Lipinski definition) is 2. The van der Waals surface area contributed by atoms with Gasteiger partial charge in [0.1, 0.15) is 5.82 Å². The molecule has 0 radical (unpaired) electrons. The van der Waals surface area contributed by atoms with Crippen LogP contribution in [0.15, 0.2) is 48.3 Å². The fourth-order valence-electron chi connectivity index (χ4n) is 5.59. The first-order chi connectivity index (χ1) is 14.8. The maximum absolute atomic E-state index is 5.05. The Kier molecular flexibility index (Phi) is 4.45. The standard InChI is InChI=1S/C25H31N5/c1-2-5-21-20(4-1)23(30-13-10-25(18-30)8-3-9-25)16-22(28-21)19-6-7-24(27-17-19)29-14-11-26-12-15-29/h1-2,4-7,16,26-27H,3,8-15,17-18H2. The van der Waals surface area contributed by atoms with E-state index in [9.17, 15) is 0 Å². The number of pyridine rings is 1. The molecule has 2 aromatic rings. The maximum Gasteiger partial charge on any atom is 0.102 e. The van der Waals surface area contributed by atoms with Crippen LogP contribution in [0, 0.1) is 5.41 Å². The highest BCUT2D eigenvalue weighted by Crippen LogP contribution is 2.49. The van der Waals surface area contributed by atoms with E-state index >= 15 is 0 Å². The molecule has 4 aliphatic rings. The Bertz CT molecular complexity index is 1010. The number of aromatic nitrogens is 1. The monoisotopic (exact) mass is 401 g/mol. The second-order valence-electron chi connectivity index (χ2n) is 9.40. The van der Waals surface area contributed by atoms with Crippen molar-refractivity contribution in [2.24, 2.45) is 5.41 Å². The summed E-state index contributed by atoms with van der Waals surface area (Å²) in [6, 6.07) is 11.0. The van der Waals surface area contributed by atoms with Crippen LogP contribution in [-0.4, -0.2) is 55.7 Å². The van der Waals surface area contributed by atoms with Gasteiger partial charge in [-0.1, -0.05) is 30.7 Å². The highest BCUT2D eigenvalue weighted by atomic mass is 15.3. The van der Waals surface area contributed by atoms with Gasteiger partial charge in [-0.15, -0.1) is 0 Å². The van der Waals surface area contributed by atoms with E-state index in [0.29, 0.717) is 5.41 Å². The van der Waals surface area contributed by atoms with Gasteiger partial charge in [0.15, 0.2) is 0 Å². The summed E-state index contributed by atoms with van der Waals surface area (Å²) >= 11 is 0. The third-order valence-corrected chi connectivity index (χ3v) is 7.58. The fraction of sp³-hybridized carbons (Fsp3) is 0.480.